The predicted octanol–water partition coefficient (Wildman–Crippen LogP) is 3.49. The van der Waals surface area contributed by atoms with Crippen LogP contribution in [0.4, 0.5) is 0 Å². The molecule has 1 atom stereocenters. The quantitative estimate of drug-likeness (QED) is 0.841. The van der Waals surface area contributed by atoms with Gasteiger partial charge in [-0.3, -0.25) is 4.79 Å². The maximum absolute atomic E-state index is 12.9. The summed E-state index contributed by atoms with van der Waals surface area (Å²) in [6.45, 7) is 7.73. The Morgan fingerprint density at radius 2 is 1.75 bits per heavy atom. The van der Waals surface area contributed by atoms with Gasteiger partial charge in [-0.05, 0) is 38.3 Å². The van der Waals surface area contributed by atoms with Gasteiger partial charge in [0.25, 0.3) is 5.91 Å². The summed E-state index contributed by atoms with van der Waals surface area (Å²) >= 11 is 0. The van der Waals surface area contributed by atoms with E-state index in [1.807, 2.05) is 56.0 Å². The van der Waals surface area contributed by atoms with Crippen LogP contribution in [0.25, 0.3) is 0 Å². The molecule has 3 nitrogen and oxygen atoms in total. The van der Waals surface area contributed by atoms with Crippen molar-refractivity contribution in [2.24, 2.45) is 5.92 Å². The average Bonchev–Trinajstić information content (AvgIpc) is 2.48. The van der Waals surface area contributed by atoms with Gasteiger partial charge in [-0.25, -0.2) is 0 Å². The molecule has 3 heteroatoms. The van der Waals surface area contributed by atoms with Gasteiger partial charge in [-0.2, -0.15) is 0 Å². The molecule has 1 aromatic carbocycles. The van der Waals surface area contributed by atoms with Gasteiger partial charge < -0.3 is 9.64 Å². The van der Waals surface area contributed by atoms with Crippen LogP contribution in [0.1, 0.15) is 40.0 Å². The maximum Gasteiger partial charge on any atom is 0.266 e. The van der Waals surface area contributed by atoms with E-state index in [1.54, 1.807) is 0 Å². The van der Waals surface area contributed by atoms with Crippen molar-refractivity contribution in [1.82, 2.24) is 4.90 Å². The van der Waals surface area contributed by atoms with Gasteiger partial charge in [0.05, 0.1) is 0 Å². The molecule has 0 N–H and O–H groups in total. The molecule has 0 saturated carbocycles. The molecule has 1 aliphatic rings. The van der Waals surface area contributed by atoms with E-state index in [1.165, 1.54) is 6.42 Å². The normalized spacial score (nSPS) is 18.7. The number of nitrogens with zero attached hydrogens (tertiary/aromatic N) is 1. The minimum Gasteiger partial charge on any atom is -0.477 e. The van der Waals surface area contributed by atoms with Gasteiger partial charge in [0.2, 0.25) is 0 Å². The van der Waals surface area contributed by atoms with Gasteiger partial charge in [-0.15, -0.1) is 0 Å². The van der Waals surface area contributed by atoms with Crippen LogP contribution in [0.5, 0.6) is 5.75 Å². The van der Waals surface area contributed by atoms with Crippen molar-refractivity contribution in [3.63, 3.8) is 0 Å². The van der Waals surface area contributed by atoms with Crippen LogP contribution in [0, 0.1) is 5.92 Å². The second-order valence-corrected chi connectivity index (χ2v) is 6.03. The fraction of sp³-hybridized carbons (Fsp3) is 0.588. The Labute approximate surface area is 121 Å². The molecular weight excluding hydrogens is 250 g/mol. The smallest absolute Gasteiger partial charge is 0.266 e. The number of carbonyl (C=O) groups excluding carboxylic acids is 1. The number of piperidine rings is 1. The van der Waals surface area contributed by atoms with Crippen molar-refractivity contribution in [3.05, 3.63) is 30.3 Å². The summed E-state index contributed by atoms with van der Waals surface area (Å²) in [4.78, 5) is 14.8. The standard InChI is InChI=1S/C17H25NO2/c1-14(2)17(3,20-15-10-6-4-7-11-15)16(19)18-12-8-5-9-13-18/h4,6-7,10-11,14H,5,8-9,12-13H2,1-3H3. The molecule has 1 fully saturated rings. The third-order valence-electron chi connectivity index (χ3n) is 4.24. The van der Waals surface area contributed by atoms with Gasteiger partial charge in [0.1, 0.15) is 5.75 Å². The Balaban J connectivity index is 2.17. The van der Waals surface area contributed by atoms with Crippen molar-refractivity contribution >= 4 is 5.91 Å². The Morgan fingerprint density at radius 1 is 1.15 bits per heavy atom. The summed E-state index contributed by atoms with van der Waals surface area (Å²) in [5.74, 6) is 1.00. The van der Waals surface area contributed by atoms with Crippen molar-refractivity contribution in [2.45, 2.75) is 45.6 Å². The van der Waals surface area contributed by atoms with Crippen LogP contribution in [-0.4, -0.2) is 29.5 Å². The lowest BCUT2D eigenvalue weighted by Crippen LogP contribution is -2.55. The monoisotopic (exact) mass is 275 g/mol. The summed E-state index contributed by atoms with van der Waals surface area (Å²) < 4.78 is 6.09. The molecule has 110 valence electrons. The van der Waals surface area contributed by atoms with E-state index >= 15 is 0 Å². The molecule has 1 aromatic rings. The Morgan fingerprint density at radius 3 is 2.30 bits per heavy atom. The molecule has 0 aromatic heterocycles. The zero-order valence-corrected chi connectivity index (χ0v) is 12.8. The van der Waals surface area contributed by atoms with Crippen LogP contribution >= 0.6 is 0 Å². The summed E-state index contributed by atoms with van der Waals surface area (Å²) in [5, 5.41) is 0. The zero-order valence-electron chi connectivity index (χ0n) is 12.8. The summed E-state index contributed by atoms with van der Waals surface area (Å²) in [6.07, 6.45) is 3.43. The van der Waals surface area contributed by atoms with Gasteiger partial charge in [0.15, 0.2) is 5.60 Å². The van der Waals surface area contributed by atoms with Crippen molar-refractivity contribution in [1.29, 1.82) is 0 Å². The third-order valence-corrected chi connectivity index (χ3v) is 4.24. The summed E-state index contributed by atoms with van der Waals surface area (Å²) in [5.41, 5.74) is -0.793. The number of hydrogen-bond acceptors (Lipinski definition) is 2. The summed E-state index contributed by atoms with van der Waals surface area (Å²) in [6, 6.07) is 9.63. The second kappa shape index (κ2) is 6.29. The molecule has 1 saturated heterocycles. The molecule has 1 amide bonds. The molecule has 0 spiro atoms. The van der Waals surface area contributed by atoms with Crippen LogP contribution in [0.3, 0.4) is 0 Å². The molecule has 2 rings (SSSR count). The molecule has 0 radical (unpaired) electrons. The Bertz CT molecular complexity index is 438. The minimum atomic E-state index is -0.793. The number of carbonyl (C=O) groups is 1. The van der Waals surface area contributed by atoms with E-state index in [0.29, 0.717) is 0 Å². The first kappa shape index (κ1) is 14.9. The first-order chi connectivity index (χ1) is 9.54. The molecule has 1 heterocycles. The molecule has 0 aliphatic carbocycles. The number of rotatable bonds is 4. The number of likely N-dealkylation sites (tertiary alicyclic amines) is 1. The number of ether oxygens (including phenoxy) is 1. The molecule has 0 bridgehead atoms. The Kier molecular flexibility index (Phi) is 4.69. The highest BCUT2D eigenvalue weighted by Crippen LogP contribution is 2.28. The molecule has 1 aliphatic heterocycles. The van der Waals surface area contributed by atoms with E-state index in [9.17, 15) is 4.79 Å². The van der Waals surface area contributed by atoms with Crippen LogP contribution in [0.2, 0.25) is 0 Å². The van der Waals surface area contributed by atoms with E-state index < -0.39 is 5.60 Å². The van der Waals surface area contributed by atoms with E-state index in [-0.39, 0.29) is 11.8 Å². The Hall–Kier alpha value is -1.51. The lowest BCUT2D eigenvalue weighted by Gasteiger charge is -2.39. The van der Waals surface area contributed by atoms with Crippen LogP contribution in [0.15, 0.2) is 30.3 Å². The van der Waals surface area contributed by atoms with E-state index in [4.69, 9.17) is 4.74 Å². The van der Waals surface area contributed by atoms with Gasteiger partial charge in [0, 0.05) is 19.0 Å². The number of amides is 1. The molecule has 20 heavy (non-hydrogen) atoms. The van der Waals surface area contributed by atoms with Crippen LogP contribution < -0.4 is 4.74 Å². The van der Waals surface area contributed by atoms with Crippen molar-refractivity contribution < 1.29 is 9.53 Å². The third kappa shape index (κ3) is 3.14. The summed E-state index contributed by atoms with van der Waals surface area (Å²) in [7, 11) is 0. The average molecular weight is 275 g/mol. The maximum atomic E-state index is 12.9. The topological polar surface area (TPSA) is 29.5 Å². The number of para-hydroxylation sites is 1. The van der Waals surface area contributed by atoms with E-state index in [0.717, 1.165) is 31.7 Å². The lowest BCUT2D eigenvalue weighted by molar-refractivity contribution is -0.151. The number of benzene rings is 1. The fourth-order valence-corrected chi connectivity index (χ4v) is 2.55. The van der Waals surface area contributed by atoms with Crippen molar-refractivity contribution in [3.8, 4) is 5.75 Å². The van der Waals surface area contributed by atoms with Gasteiger partial charge in [-0.1, -0.05) is 32.0 Å². The van der Waals surface area contributed by atoms with Gasteiger partial charge >= 0.3 is 0 Å². The second-order valence-electron chi connectivity index (χ2n) is 6.03. The largest absolute Gasteiger partial charge is 0.477 e. The first-order valence-electron chi connectivity index (χ1n) is 7.57. The SMILES string of the molecule is CC(C)C(C)(Oc1ccccc1)C(=O)N1CCCCC1. The number of hydrogen-bond donors (Lipinski definition) is 0. The fourth-order valence-electron chi connectivity index (χ4n) is 2.55. The lowest BCUT2D eigenvalue weighted by atomic mass is 9.89. The molecular formula is C17H25NO2. The predicted molar refractivity (Wildman–Crippen MR) is 80.7 cm³/mol. The molecule has 1 unspecified atom stereocenters. The highest BCUT2D eigenvalue weighted by molar-refractivity contribution is 5.85. The van der Waals surface area contributed by atoms with E-state index in [2.05, 4.69) is 0 Å². The highest BCUT2D eigenvalue weighted by Gasteiger charge is 2.42. The highest BCUT2D eigenvalue weighted by atomic mass is 16.5. The van der Waals surface area contributed by atoms with Crippen LogP contribution in [-0.2, 0) is 4.79 Å². The minimum absolute atomic E-state index is 0.121. The van der Waals surface area contributed by atoms with Crippen molar-refractivity contribution in [2.75, 3.05) is 13.1 Å². The first-order valence-corrected chi connectivity index (χ1v) is 7.57. The zero-order chi connectivity index (χ0) is 14.6.